The maximum Gasteiger partial charge on any atom is 0.265 e. The Hall–Kier alpha value is -2.26. The molecule has 0 aliphatic rings. The van der Waals surface area contributed by atoms with E-state index in [1.807, 2.05) is 24.3 Å². The van der Waals surface area contributed by atoms with Crippen molar-refractivity contribution in [1.82, 2.24) is 4.90 Å². The first-order valence-electron chi connectivity index (χ1n) is 6.07. The number of nitrogens with zero attached hydrogens (tertiary/aromatic N) is 2. The second kappa shape index (κ2) is 5.80. The molecule has 0 saturated heterocycles. The Bertz CT molecular complexity index is 688. The van der Waals surface area contributed by atoms with Crippen LogP contribution in [0.1, 0.15) is 16.1 Å². The SMILES string of the molecule is COc1cccc2sc(C(=O)N(C)CCC#N)c(N)c12. The Balaban J connectivity index is 2.43. The second-order valence-electron chi connectivity index (χ2n) is 4.31. The lowest BCUT2D eigenvalue weighted by Gasteiger charge is -2.14. The lowest BCUT2D eigenvalue weighted by atomic mass is 10.2. The molecule has 6 heteroatoms. The molecule has 20 heavy (non-hydrogen) atoms. The highest BCUT2D eigenvalue weighted by Crippen LogP contribution is 2.39. The number of hydrogen-bond acceptors (Lipinski definition) is 5. The molecule has 0 bridgehead atoms. The molecule has 1 amide bonds. The Labute approximate surface area is 121 Å². The molecule has 1 aromatic carbocycles. The predicted molar refractivity (Wildman–Crippen MR) is 80.0 cm³/mol. The fourth-order valence-electron chi connectivity index (χ4n) is 1.96. The number of methoxy groups -OCH3 is 1. The monoisotopic (exact) mass is 289 g/mol. The van der Waals surface area contributed by atoms with E-state index >= 15 is 0 Å². The molecule has 0 spiro atoms. The highest BCUT2D eigenvalue weighted by molar-refractivity contribution is 7.21. The zero-order chi connectivity index (χ0) is 14.7. The fraction of sp³-hybridized carbons (Fsp3) is 0.286. The molecule has 1 heterocycles. The number of thiophene rings is 1. The Morgan fingerprint density at radius 3 is 2.95 bits per heavy atom. The molecule has 0 aliphatic carbocycles. The molecule has 2 aromatic rings. The van der Waals surface area contributed by atoms with Gasteiger partial charge in [0.05, 0.1) is 30.7 Å². The molecule has 0 saturated carbocycles. The molecular formula is C14H15N3O2S. The normalized spacial score (nSPS) is 10.2. The van der Waals surface area contributed by atoms with Gasteiger partial charge in [-0.3, -0.25) is 4.79 Å². The van der Waals surface area contributed by atoms with Crippen molar-refractivity contribution in [1.29, 1.82) is 5.26 Å². The zero-order valence-electron chi connectivity index (χ0n) is 11.3. The molecule has 5 nitrogen and oxygen atoms in total. The van der Waals surface area contributed by atoms with Gasteiger partial charge in [-0.25, -0.2) is 0 Å². The first-order chi connectivity index (χ1) is 9.60. The lowest BCUT2D eigenvalue weighted by molar-refractivity contribution is 0.0804. The first kappa shape index (κ1) is 14.2. The number of nitrogen functional groups attached to an aromatic ring is 1. The molecule has 0 atom stereocenters. The molecule has 0 fully saturated rings. The van der Waals surface area contributed by atoms with Crippen LogP contribution in [0.2, 0.25) is 0 Å². The quantitative estimate of drug-likeness (QED) is 0.937. The van der Waals surface area contributed by atoms with E-state index in [4.69, 9.17) is 15.7 Å². The first-order valence-corrected chi connectivity index (χ1v) is 6.89. The van der Waals surface area contributed by atoms with Gasteiger partial charge in [-0.15, -0.1) is 11.3 Å². The summed E-state index contributed by atoms with van der Waals surface area (Å²) >= 11 is 1.34. The Morgan fingerprint density at radius 2 is 2.30 bits per heavy atom. The van der Waals surface area contributed by atoms with Crippen LogP contribution in [0, 0.1) is 11.3 Å². The number of hydrogen-bond donors (Lipinski definition) is 1. The second-order valence-corrected chi connectivity index (χ2v) is 5.37. The van der Waals surface area contributed by atoms with Crippen LogP contribution in [-0.2, 0) is 0 Å². The molecule has 2 N–H and O–H groups in total. The standard InChI is InChI=1S/C14H15N3O2S/c1-17(8-4-7-15)14(18)13-12(16)11-9(19-2)5-3-6-10(11)20-13/h3,5-6H,4,8,16H2,1-2H3. The maximum absolute atomic E-state index is 12.3. The average Bonchev–Trinajstić information content (AvgIpc) is 2.81. The molecule has 1 aromatic heterocycles. The van der Waals surface area contributed by atoms with Crippen molar-refractivity contribution in [2.45, 2.75) is 6.42 Å². The lowest BCUT2D eigenvalue weighted by Crippen LogP contribution is -2.27. The van der Waals surface area contributed by atoms with Crippen LogP contribution >= 0.6 is 11.3 Å². The fourth-order valence-corrected chi connectivity index (χ4v) is 3.10. The smallest absolute Gasteiger partial charge is 0.265 e. The van der Waals surface area contributed by atoms with E-state index in [0.717, 1.165) is 10.1 Å². The van der Waals surface area contributed by atoms with E-state index in [9.17, 15) is 4.79 Å². The van der Waals surface area contributed by atoms with E-state index in [2.05, 4.69) is 0 Å². The number of nitriles is 1. The molecule has 0 aliphatic heterocycles. The van der Waals surface area contributed by atoms with Gasteiger partial charge in [0, 0.05) is 18.3 Å². The number of nitrogens with two attached hydrogens (primary N) is 1. The highest BCUT2D eigenvalue weighted by atomic mass is 32.1. The van der Waals surface area contributed by atoms with E-state index < -0.39 is 0 Å². The van der Waals surface area contributed by atoms with Gasteiger partial charge in [0.15, 0.2) is 0 Å². The van der Waals surface area contributed by atoms with Crippen LogP contribution in [0.25, 0.3) is 10.1 Å². The van der Waals surface area contributed by atoms with Gasteiger partial charge in [0.25, 0.3) is 5.91 Å². The summed E-state index contributed by atoms with van der Waals surface area (Å²) in [6.07, 6.45) is 0.302. The van der Waals surface area contributed by atoms with Crippen molar-refractivity contribution in [3.63, 3.8) is 0 Å². The number of carbonyl (C=O) groups is 1. The molecule has 2 rings (SSSR count). The Kier molecular flexibility index (Phi) is 4.11. The highest BCUT2D eigenvalue weighted by Gasteiger charge is 2.21. The third-order valence-corrected chi connectivity index (χ3v) is 4.19. The van der Waals surface area contributed by atoms with E-state index in [1.165, 1.54) is 16.2 Å². The number of anilines is 1. The van der Waals surface area contributed by atoms with Crippen LogP contribution in [0.4, 0.5) is 5.69 Å². The molecular weight excluding hydrogens is 274 g/mol. The summed E-state index contributed by atoms with van der Waals surface area (Å²) in [6, 6.07) is 7.61. The Morgan fingerprint density at radius 1 is 1.55 bits per heavy atom. The number of carbonyl (C=O) groups excluding carboxylic acids is 1. The summed E-state index contributed by atoms with van der Waals surface area (Å²) in [7, 11) is 3.24. The van der Waals surface area contributed by atoms with Crippen molar-refractivity contribution < 1.29 is 9.53 Å². The maximum atomic E-state index is 12.3. The van der Waals surface area contributed by atoms with Gasteiger partial charge < -0.3 is 15.4 Å². The van der Waals surface area contributed by atoms with Gasteiger partial charge in [-0.05, 0) is 12.1 Å². The molecule has 104 valence electrons. The summed E-state index contributed by atoms with van der Waals surface area (Å²) in [6.45, 7) is 0.389. The minimum atomic E-state index is -0.166. The number of ether oxygens (including phenoxy) is 1. The summed E-state index contributed by atoms with van der Waals surface area (Å²) in [5, 5.41) is 9.35. The van der Waals surface area contributed by atoms with Gasteiger partial charge in [0.2, 0.25) is 0 Å². The number of amides is 1. The van der Waals surface area contributed by atoms with Crippen LogP contribution in [0.5, 0.6) is 5.75 Å². The summed E-state index contributed by atoms with van der Waals surface area (Å²) in [4.78, 5) is 14.3. The van der Waals surface area contributed by atoms with Crippen LogP contribution in [0.15, 0.2) is 18.2 Å². The number of fused-ring (bicyclic) bond motifs is 1. The third-order valence-electron chi connectivity index (χ3n) is 3.03. The molecule has 0 radical (unpaired) electrons. The van der Waals surface area contributed by atoms with Crippen molar-refractivity contribution in [2.24, 2.45) is 0 Å². The zero-order valence-corrected chi connectivity index (χ0v) is 12.2. The van der Waals surface area contributed by atoms with Crippen molar-refractivity contribution in [2.75, 3.05) is 26.4 Å². The van der Waals surface area contributed by atoms with Crippen molar-refractivity contribution in [3.05, 3.63) is 23.1 Å². The molecule has 0 unspecified atom stereocenters. The largest absolute Gasteiger partial charge is 0.496 e. The van der Waals surface area contributed by atoms with Crippen LogP contribution in [0.3, 0.4) is 0 Å². The summed E-state index contributed by atoms with van der Waals surface area (Å²) in [5.41, 5.74) is 6.54. The van der Waals surface area contributed by atoms with Crippen LogP contribution < -0.4 is 10.5 Å². The average molecular weight is 289 g/mol. The minimum Gasteiger partial charge on any atom is -0.496 e. The topological polar surface area (TPSA) is 79.3 Å². The van der Waals surface area contributed by atoms with Crippen molar-refractivity contribution >= 4 is 33.0 Å². The number of benzene rings is 1. The number of rotatable bonds is 4. The van der Waals surface area contributed by atoms with Gasteiger partial charge >= 0.3 is 0 Å². The van der Waals surface area contributed by atoms with E-state index in [0.29, 0.717) is 29.3 Å². The third kappa shape index (κ3) is 2.40. The van der Waals surface area contributed by atoms with Gasteiger partial charge in [-0.1, -0.05) is 6.07 Å². The summed E-state index contributed by atoms with van der Waals surface area (Å²) < 4.78 is 6.20. The van der Waals surface area contributed by atoms with E-state index in [-0.39, 0.29) is 5.91 Å². The van der Waals surface area contributed by atoms with Gasteiger partial charge in [-0.2, -0.15) is 5.26 Å². The van der Waals surface area contributed by atoms with E-state index in [1.54, 1.807) is 14.2 Å². The summed E-state index contributed by atoms with van der Waals surface area (Å²) in [5.74, 6) is 0.496. The minimum absolute atomic E-state index is 0.166. The predicted octanol–water partition coefficient (Wildman–Crippen LogP) is 2.48. The van der Waals surface area contributed by atoms with Crippen LogP contribution in [-0.4, -0.2) is 31.5 Å². The van der Waals surface area contributed by atoms with Crippen molar-refractivity contribution in [3.8, 4) is 11.8 Å². The van der Waals surface area contributed by atoms with Gasteiger partial charge in [0.1, 0.15) is 10.6 Å².